The number of H-pyrrole nitrogens is 1. The van der Waals surface area contributed by atoms with Gasteiger partial charge in [0.05, 0.1) is 0 Å². The van der Waals surface area contributed by atoms with E-state index in [4.69, 9.17) is 5.73 Å². The predicted molar refractivity (Wildman–Crippen MR) is 82.8 cm³/mol. The Morgan fingerprint density at radius 3 is 2.50 bits per heavy atom. The average molecular weight is 273 g/mol. The topological polar surface area (TPSA) is 70.8 Å². The molecule has 2 rings (SSSR count). The zero-order chi connectivity index (χ0) is 14.4. The number of hydrogen-bond donors (Lipinski definition) is 2. The second kappa shape index (κ2) is 7.05. The molecule has 0 spiro atoms. The van der Waals surface area contributed by atoms with E-state index in [1.54, 1.807) is 0 Å². The van der Waals surface area contributed by atoms with Gasteiger partial charge in [0.25, 0.3) is 0 Å². The van der Waals surface area contributed by atoms with Crippen LogP contribution in [0.25, 0.3) is 11.4 Å². The van der Waals surface area contributed by atoms with Crippen molar-refractivity contribution in [1.82, 2.24) is 15.2 Å². The van der Waals surface area contributed by atoms with Crippen molar-refractivity contribution < 1.29 is 0 Å². The minimum absolute atomic E-state index is 0.764. The van der Waals surface area contributed by atoms with Crippen LogP contribution in [-0.2, 0) is 6.42 Å². The second-order valence-electron chi connectivity index (χ2n) is 5.15. The quantitative estimate of drug-likeness (QED) is 0.759. The first-order chi connectivity index (χ1) is 9.70. The third kappa shape index (κ3) is 3.81. The maximum Gasteiger partial charge on any atom is 0.181 e. The maximum atomic E-state index is 5.48. The smallest absolute Gasteiger partial charge is 0.181 e. The van der Waals surface area contributed by atoms with Crippen molar-refractivity contribution in [1.29, 1.82) is 0 Å². The number of nitrogens with two attached hydrogens (primary N) is 1. The number of anilines is 1. The Kier molecular flexibility index (Phi) is 5.12. The lowest BCUT2D eigenvalue weighted by molar-refractivity contribution is 0.670. The first-order valence-electron chi connectivity index (χ1n) is 7.10. The highest BCUT2D eigenvalue weighted by Crippen LogP contribution is 2.19. The van der Waals surface area contributed by atoms with Crippen LogP contribution in [0.5, 0.6) is 0 Å². The van der Waals surface area contributed by atoms with Gasteiger partial charge in [-0.1, -0.05) is 6.42 Å². The maximum absolute atomic E-state index is 5.48. The fourth-order valence-electron chi connectivity index (χ4n) is 2.06. The van der Waals surface area contributed by atoms with Crippen molar-refractivity contribution in [3.8, 4) is 11.4 Å². The van der Waals surface area contributed by atoms with Crippen LogP contribution < -0.4 is 10.6 Å². The number of aromatic nitrogens is 3. The lowest BCUT2D eigenvalue weighted by atomic mass is 10.2. The number of aryl methyl sites for hydroxylation is 1. The van der Waals surface area contributed by atoms with Crippen LogP contribution in [0.4, 0.5) is 5.69 Å². The van der Waals surface area contributed by atoms with E-state index in [1.165, 1.54) is 5.69 Å². The van der Waals surface area contributed by atoms with E-state index in [0.29, 0.717) is 0 Å². The highest BCUT2D eigenvalue weighted by Gasteiger charge is 2.06. The summed E-state index contributed by atoms with van der Waals surface area (Å²) in [6, 6.07) is 8.26. The Bertz CT molecular complexity index is 515. The summed E-state index contributed by atoms with van der Waals surface area (Å²) in [5, 5.41) is 7.30. The lowest BCUT2D eigenvalue weighted by Crippen LogP contribution is -2.07. The molecular formula is C15H23N5. The Hall–Kier alpha value is -1.88. The number of hydrogen-bond acceptors (Lipinski definition) is 4. The third-order valence-electron chi connectivity index (χ3n) is 3.29. The molecule has 0 bridgehead atoms. The van der Waals surface area contributed by atoms with Gasteiger partial charge in [-0.25, -0.2) is 4.98 Å². The van der Waals surface area contributed by atoms with E-state index in [0.717, 1.165) is 49.4 Å². The molecule has 0 saturated carbocycles. The number of rotatable bonds is 7. The Labute approximate surface area is 120 Å². The van der Waals surface area contributed by atoms with E-state index >= 15 is 0 Å². The van der Waals surface area contributed by atoms with Crippen molar-refractivity contribution in [3.05, 3.63) is 30.1 Å². The molecule has 0 amide bonds. The monoisotopic (exact) mass is 273 g/mol. The molecule has 0 aliphatic heterocycles. The first kappa shape index (κ1) is 14.5. The zero-order valence-electron chi connectivity index (χ0n) is 12.3. The van der Waals surface area contributed by atoms with Crippen LogP contribution in [-0.4, -0.2) is 35.8 Å². The molecule has 1 aromatic carbocycles. The van der Waals surface area contributed by atoms with Crippen molar-refractivity contribution in [2.24, 2.45) is 5.73 Å². The van der Waals surface area contributed by atoms with Gasteiger partial charge in [-0.15, -0.1) is 0 Å². The fourth-order valence-corrected chi connectivity index (χ4v) is 2.06. The highest BCUT2D eigenvalue weighted by atomic mass is 15.2. The van der Waals surface area contributed by atoms with E-state index in [9.17, 15) is 0 Å². The molecule has 0 aliphatic carbocycles. The Morgan fingerprint density at radius 1 is 1.10 bits per heavy atom. The summed E-state index contributed by atoms with van der Waals surface area (Å²) in [5.41, 5.74) is 7.70. The van der Waals surface area contributed by atoms with Crippen LogP contribution in [0.15, 0.2) is 24.3 Å². The predicted octanol–water partition coefficient (Wildman–Crippen LogP) is 2.21. The summed E-state index contributed by atoms with van der Waals surface area (Å²) >= 11 is 0. The number of nitrogens with zero attached hydrogens (tertiary/aromatic N) is 3. The molecule has 20 heavy (non-hydrogen) atoms. The molecule has 3 N–H and O–H groups in total. The number of nitrogens with one attached hydrogen (secondary N) is 1. The van der Waals surface area contributed by atoms with Crippen LogP contribution in [0.3, 0.4) is 0 Å². The largest absolute Gasteiger partial charge is 0.378 e. The molecule has 0 fully saturated rings. The molecular weight excluding hydrogens is 250 g/mol. The van der Waals surface area contributed by atoms with Crippen LogP contribution in [0, 0.1) is 0 Å². The molecule has 5 nitrogen and oxygen atoms in total. The molecule has 108 valence electrons. The molecule has 0 atom stereocenters. The third-order valence-corrected chi connectivity index (χ3v) is 3.29. The number of aromatic amines is 1. The molecule has 0 aliphatic rings. The average Bonchev–Trinajstić information content (AvgIpc) is 2.92. The molecule has 2 aromatic rings. The van der Waals surface area contributed by atoms with Crippen molar-refractivity contribution >= 4 is 5.69 Å². The van der Waals surface area contributed by atoms with E-state index < -0.39 is 0 Å². The molecule has 5 heteroatoms. The van der Waals surface area contributed by atoms with Crippen LogP contribution in [0.2, 0.25) is 0 Å². The van der Waals surface area contributed by atoms with Crippen LogP contribution in [0.1, 0.15) is 25.1 Å². The highest BCUT2D eigenvalue weighted by molar-refractivity contribution is 5.59. The molecule has 0 radical (unpaired) electrons. The van der Waals surface area contributed by atoms with Gasteiger partial charge in [-0.05, 0) is 43.7 Å². The van der Waals surface area contributed by atoms with Crippen molar-refractivity contribution in [2.75, 3.05) is 25.5 Å². The van der Waals surface area contributed by atoms with Gasteiger partial charge in [0.2, 0.25) is 0 Å². The van der Waals surface area contributed by atoms with Gasteiger partial charge in [0, 0.05) is 31.8 Å². The lowest BCUT2D eigenvalue weighted by Gasteiger charge is -2.11. The first-order valence-corrected chi connectivity index (χ1v) is 7.10. The summed E-state index contributed by atoms with van der Waals surface area (Å²) in [6.45, 7) is 0.764. The van der Waals surface area contributed by atoms with Gasteiger partial charge in [0.15, 0.2) is 5.82 Å². The fraction of sp³-hybridized carbons (Fsp3) is 0.467. The zero-order valence-corrected chi connectivity index (χ0v) is 12.3. The van der Waals surface area contributed by atoms with Gasteiger partial charge < -0.3 is 10.6 Å². The SMILES string of the molecule is CN(C)c1ccc(-c2n[nH]c(CCCCCN)n2)cc1. The second-order valence-corrected chi connectivity index (χ2v) is 5.15. The summed E-state index contributed by atoms with van der Waals surface area (Å²) < 4.78 is 0. The standard InChI is InChI=1S/C15H23N5/c1-20(2)13-9-7-12(8-10-13)15-17-14(18-19-15)6-4-3-5-11-16/h7-10H,3-6,11,16H2,1-2H3,(H,17,18,19). The minimum Gasteiger partial charge on any atom is -0.378 e. The van der Waals surface area contributed by atoms with Gasteiger partial charge >= 0.3 is 0 Å². The van der Waals surface area contributed by atoms with E-state index in [1.807, 2.05) is 14.1 Å². The van der Waals surface area contributed by atoms with E-state index in [-0.39, 0.29) is 0 Å². The van der Waals surface area contributed by atoms with Crippen LogP contribution >= 0.6 is 0 Å². The molecule has 1 aromatic heterocycles. The Balaban J connectivity index is 1.97. The van der Waals surface area contributed by atoms with Gasteiger partial charge in [-0.3, -0.25) is 5.10 Å². The van der Waals surface area contributed by atoms with Gasteiger partial charge in [0.1, 0.15) is 5.82 Å². The molecule has 1 heterocycles. The molecule has 0 unspecified atom stereocenters. The Morgan fingerprint density at radius 2 is 1.85 bits per heavy atom. The summed E-state index contributed by atoms with van der Waals surface area (Å²) in [7, 11) is 4.06. The normalized spacial score (nSPS) is 10.8. The summed E-state index contributed by atoms with van der Waals surface area (Å²) in [5.74, 6) is 1.72. The minimum atomic E-state index is 0.764. The molecule has 0 saturated heterocycles. The van der Waals surface area contributed by atoms with Crippen molar-refractivity contribution in [3.63, 3.8) is 0 Å². The summed E-state index contributed by atoms with van der Waals surface area (Å²) in [6.07, 6.45) is 4.26. The number of benzene rings is 1. The van der Waals surface area contributed by atoms with Gasteiger partial charge in [-0.2, -0.15) is 5.10 Å². The van der Waals surface area contributed by atoms with Crippen molar-refractivity contribution in [2.45, 2.75) is 25.7 Å². The number of unbranched alkanes of at least 4 members (excludes halogenated alkanes) is 2. The summed E-state index contributed by atoms with van der Waals surface area (Å²) in [4.78, 5) is 6.62. The van der Waals surface area contributed by atoms with E-state index in [2.05, 4.69) is 44.3 Å².